The summed E-state index contributed by atoms with van der Waals surface area (Å²) in [4.78, 5) is 0. The van der Waals surface area contributed by atoms with Gasteiger partial charge in [-0.15, -0.1) is 0 Å². The minimum atomic E-state index is -2.24. The van der Waals surface area contributed by atoms with Crippen LogP contribution in [0.15, 0.2) is 0 Å². The van der Waals surface area contributed by atoms with Crippen LogP contribution in [0.3, 0.4) is 0 Å². The largest absolute Gasteiger partial charge is 2.00 e. The van der Waals surface area contributed by atoms with Gasteiger partial charge in [-0.25, -0.2) is 0 Å². The second-order valence-corrected chi connectivity index (χ2v) is 6.01. The van der Waals surface area contributed by atoms with Crippen molar-refractivity contribution >= 4 is 29.7 Å². The maximum atomic E-state index is 4.63. The fraction of sp³-hybridized carbons (Fsp3) is 1.00. The summed E-state index contributed by atoms with van der Waals surface area (Å²) in [5.74, 6) is 0. The Morgan fingerprint density at radius 1 is 1.38 bits per heavy atom. The molecule has 0 saturated heterocycles. The van der Waals surface area contributed by atoms with Crippen LogP contribution in [-0.2, 0) is 52.6 Å². The van der Waals surface area contributed by atoms with Crippen molar-refractivity contribution in [2.75, 3.05) is 14.2 Å². The molecular weight excluding hydrogens is 217 g/mol. The summed E-state index contributed by atoms with van der Waals surface area (Å²) in [6.45, 7) is 0. The number of hydrogen-bond acceptors (Lipinski definition) is 4. The fourth-order valence-electron chi connectivity index (χ4n) is 0.0745. The van der Waals surface area contributed by atoms with Gasteiger partial charge in [-0.3, -0.25) is 0 Å². The van der Waals surface area contributed by atoms with Crippen molar-refractivity contribution in [1.29, 1.82) is 0 Å². The summed E-state index contributed by atoms with van der Waals surface area (Å²) in [7, 11) is 2.91. The standard InChI is InChI=1S/C2H7O2PS2.Zn/c1-3-5(6,7)4-2;/h1-2H3,(H,6,7);/q;+2/p-1. The molecular formula is C2H6O2PS2Zn+. The Morgan fingerprint density at radius 2 is 1.62 bits per heavy atom. The molecule has 0 fully saturated rings. The normalized spacial score (nSPS) is 10.4. The monoisotopic (exact) mass is 221 g/mol. The van der Waals surface area contributed by atoms with E-state index in [0.29, 0.717) is 0 Å². The van der Waals surface area contributed by atoms with E-state index in [1.807, 2.05) is 0 Å². The first-order valence-electron chi connectivity index (χ1n) is 1.55. The zero-order valence-corrected chi connectivity index (χ0v) is 10.3. The van der Waals surface area contributed by atoms with Gasteiger partial charge in [0.2, 0.25) is 0 Å². The number of hydrogen-bond donors (Lipinski definition) is 0. The van der Waals surface area contributed by atoms with Gasteiger partial charge >= 0.3 is 19.5 Å². The molecule has 0 radical (unpaired) electrons. The average molecular weight is 223 g/mol. The molecule has 0 aromatic rings. The van der Waals surface area contributed by atoms with E-state index in [1.54, 1.807) is 0 Å². The summed E-state index contributed by atoms with van der Waals surface area (Å²) in [5, 5.41) is 0. The van der Waals surface area contributed by atoms with E-state index in [-0.39, 0.29) is 19.5 Å². The molecule has 0 aliphatic carbocycles. The summed E-state index contributed by atoms with van der Waals surface area (Å²) in [6.07, 6.45) is 0. The third-order valence-electron chi connectivity index (χ3n) is 0.447. The van der Waals surface area contributed by atoms with Crippen molar-refractivity contribution in [3.63, 3.8) is 0 Å². The molecule has 0 aliphatic rings. The van der Waals surface area contributed by atoms with Gasteiger partial charge in [0.05, 0.1) is 5.69 Å². The molecule has 0 rings (SSSR count). The van der Waals surface area contributed by atoms with E-state index >= 15 is 0 Å². The quantitative estimate of drug-likeness (QED) is 0.395. The Morgan fingerprint density at radius 3 is 1.62 bits per heavy atom. The summed E-state index contributed by atoms with van der Waals surface area (Å²) in [5.41, 5.74) is -2.24. The van der Waals surface area contributed by atoms with Crippen LogP contribution in [0, 0.1) is 0 Å². The van der Waals surface area contributed by atoms with Crippen molar-refractivity contribution in [3.05, 3.63) is 0 Å². The molecule has 0 N–H and O–H groups in total. The molecule has 44 valence electrons. The Balaban J connectivity index is 0. The molecule has 0 aromatic carbocycles. The van der Waals surface area contributed by atoms with Gasteiger partial charge in [-0.05, 0) is 0 Å². The Bertz CT molecular complexity index is 90.0. The third-order valence-corrected chi connectivity index (χ3v) is 3.13. The van der Waals surface area contributed by atoms with Gasteiger partial charge in [0, 0.05) is 14.2 Å². The zero-order valence-electron chi connectivity index (χ0n) is 4.79. The van der Waals surface area contributed by atoms with Gasteiger partial charge in [-0.1, -0.05) is 11.8 Å². The molecule has 0 unspecified atom stereocenters. The van der Waals surface area contributed by atoms with Crippen LogP contribution in [-0.4, -0.2) is 14.2 Å². The molecule has 0 heterocycles. The number of rotatable bonds is 2. The SMILES string of the molecule is COP(=S)([S-])OC.[Zn+2]. The fourth-order valence-corrected chi connectivity index (χ4v) is 0.224. The summed E-state index contributed by atoms with van der Waals surface area (Å²) < 4.78 is 9.21. The van der Waals surface area contributed by atoms with Crippen molar-refractivity contribution in [1.82, 2.24) is 0 Å². The molecule has 0 bridgehead atoms. The molecule has 0 aromatic heterocycles. The second-order valence-electron chi connectivity index (χ2n) is 0.812. The Kier molecular flexibility index (Phi) is 8.17. The maximum Gasteiger partial charge on any atom is 2.00 e. The van der Waals surface area contributed by atoms with E-state index in [1.165, 1.54) is 14.2 Å². The minimum Gasteiger partial charge on any atom is -0.691 e. The van der Waals surface area contributed by atoms with Crippen LogP contribution in [0.4, 0.5) is 0 Å². The van der Waals surface area contributed by atoms with Crippen LogP contribution in [0.1, 0.15) is 0 Å². The molecule has 0 aliphatic heterocycles. The van der Waals surface area contributed by atoms with Gasteiger partial charge in [-0.2, -0.15) is 0 Å². The van der Waals surface area contributed by atoms with Crippen LogP contribution >= 0.6 is 5.69 Å². The first kappa shape index (κ1) is 12.2. The van der Waals surface area contributed by atoms with E-state index in [0.717, 1.165) is 0 Å². The Labute approximate surface area is 72.4 Å². The molecule has 0 saturated carbocycles. The first-order valence-corrected chi connectivity index (χ1v) is 5.20. The molecule has 0 spiro atoms. The minimum absolute atomic E-state index is 0. The average Bonchev–Trinajstić information content (AvgIpc) is 1.68. The van der Waals surface area contributed by atoms with Crippen LogP contribution in [0.25, 0.3) is 0 Å². The Hall–Kier alpha value is 1.54. The van der Waals surface area contributed by atoms with E-state index in [9.17, 15) is 0 Å². The van der Waals surface area contributed by atoms with Crippen molar-refractivity contribution in [2.45, 2.75) is 0 Å². The summed E-state index contributed by atoms with van der Waals surface area (Å²) in [6, 6.07) is 0. The van der Waals surface area contributed by atoms with E-state index in [2.05, 4.69) is 33.1 Å². The van der Waals surface area contributed by atoms with Gasteiger partial charge < -0.3 is 21.3 Å². The predicted molar refractivity (Wildman–Crippen MR) is 35.7 cm³/mol. The predicted octanol–water partition coefficient (Wildman–Crippen LogP) is 1.05. The molecule has 2 nitrogen and oxygen atoms in total. The first-order chi connectivity index (χ1) is 3.12. The van der Waals surface area contributed by atoms with E-state index < -0.39 is 5.69 Å². The van der Waals surface area contributed by atoms with Gasteiger partial charge in [0.25, 0.3) is 0 Å². The van der Waals surface area contributed by atoms with Crippen LogP contribution in [0.2, 0.25) is 0 Å². The summed E-state index contributed by atoms with van der Waals surface area (Å²) >= 11 is 9.25. The topological polar surface area (TPSA) is 18.5 Å². The maximum absolute atomic E-state index is 4.63. The van der Waals surface area contributed by atoms with E-state index in [4.69, 9.17) is 0 Å². The van der Waals surface area contributed by atoms with Crippen molar-refractivity contribution in [2.24, 2.45) is 0 Å². The molecule has 8 heavy (non-hydrogen) atoms. The molecule has 0 atom stereocenters. The van der Waals surface area contributed by atoms with Crippen LogP contribution < -0.4 is 0 Å². The smallest absolute Gasteiger partial charge is 0.691 e. The van der Waals surface area contributed by atoms with Crippen LogP contribution in [0.5, 0.6) is 0 Å². The molecule has 0 amide bonds. The van der Waals surface area contributed by atoms with Gasteiger partial charge in [0.1, 0.15) is 0 Å². The van der Waals surface area contributed by atoms with Crippen molar-refractivity contribution in [3.8, 4) is 0 Å². The van der Waals surface area contributed by atoms with Crippen molar-refractivity contribution < 1.29 is 28.5 Å². The van der Waals surface area contributed by atoms with Gasteiger partial charge in [0.15, 0.2) is 0 Å². The zero-order chi connectivity index (χ0) is 5.91. The second kappa shape index (κ2) is 5.34. The molecule has 6 heteroatoms. The third kappa shape index (κ3) is 5.68.